The molecule has 1 amide bonds. The smallest absolute Gasteiger partial charge is 0.328 e. The molecule has 0 aliphatic heterocycles. The van der Waals surface area contributed by atoms with E-state index in [0.29, 0.717) is 5.82 Å². The van der Waals surface area contributed by atoms with Gasteiger partial charge in [-0.15, -0.1) is 0 Å². The van der Waals surface area contributed by atoms with E-state index in [9.17, 15) is 14.4 Å². The Morgan fingerprint density at radius 2 is 2.32 bits per heavy atom. The number of hydrogen-bond donors (Lipinski definition) is 3. The highest BCUT2D eigenvalue weighted by atomic mass is 16.2. The first-order chi connectivity index (χ1) is 9.06. The minimum Gasteiger partial charge on any atom is -0.345 e. The third kappa shape index (κ3) is 3.15. The van der Waals surface area contributed by atoms with Crippen molar-refractivity contribution in [1.29, 1.82) is 0 Å². The van der Waals surface area contributed by atoms with Gasteiger partial charge in [-0.05, 0) is 6.92 Å². The number of nitrogens with one attached hydrogen (secondary N) is 3. The van der Waals surface area contributed by atoms with Gasteiger partial charge in [0.05, 0.1) is 6.04 Å². The molecule has 19 heavy (non-hydrogen) atoms. The molecule has 9 nitrogen and oxygen atoms in total. The van der Waals surface area contributed by atoms with Gasteiger partial charge in [-0.3, -0.25) is 24.2 Å². The summed E-state index contributed by atoms with van der Waals surface area (Å²) < 4.78 is 1.10. The number of aromatic amines is 2. The molecule has 1 unspecified atom stereocenters. The van der Waals surface area contributed by atoms with Crippen molar-refractivity contribution in [3.63, 3.8) is 0 Å². The summed E-state index contributed by atoms with van der Waals surface area (Å²) in [5, 5.41) is 8.96. The van der Waals surface area contributed by atoms with Gasteiger partial charge < -0.3 is 5.32 Å². The second kappa shape index (κ2) is 5.29. The molecule has 2 aromatic rings. The number of rotatable bonds is 4. The zero-order valence-corrected chi connectivity index (χ0v) is 10.1. The monoisotopic (exact) mass is 264 g/mol. The summed E-state index contributed by atoms with van der Waals surface area (Å²) in [7, 11) is 0. The van der Waals surface area contributed by atoms with Gasteiger partial charge in [0.25, 0.3) is 5.56 Å². The van der Waals surface area contributed by atoms with Gasteiger partial charge >= 0.3 is 5.69 Å². The van der Waals surface area contributed by atoms with Crippen molar-refractivity contribution in [1.82, 2.24) is 30.0 Å². The highest BCUT2D eigenvalue weighted by Crippen LogP contribution is 2.03. The number of hydrogen-bond acceptors (Lipinski definition) is 5. The van der Waals surface area contributed by atoms with Crippen LogP contribution in [-0.2, 0) is 11.3 Å². The molecule has 2 aromatic heterocycles. The van der Waals surface area contributed by atoms with Crippen LogP contribution in [0.4, 0.5) is 0 Å². The van der Waals surface area contributed by atoms with Crippen LogP contribution in [0.2, 0.25) is 0 Å². The first kappa shape index (κ1) is 12.7. The van der Waals surface area contributed by atoms with E-state index in [1.165, 1.54) is 18.6 Å². The Hall–Kier alpha value is -2.71. The molecule has 0 aliphatic carbocycles. The zero-order valence-electron chi connectivity index (χ0n) is 10.1. The van der Waals surface area contributed by atoms with Crippen LogP contribution in [0, 0.1) is 0 Å². The third-order valence-corrected chi connectivity index (χ3v) is 2.43. The lowest BCUT2D eigenvalue weighted by atomic mass is 10.3. The van der Waals surface area contributed by atoms with Gasteiger partial charge in [0.1, 0.15) is 18.7 Å². The quantitative estimate of drug-likeness (QED) is 0.621. The standard InChI is InChI=1S/C10H12N6O3/c1-6(9-11-5-12-15-9)13-8(18)4-16-3-2-7(17)14-10(16)19/h2-3,5-6H,4H2,1H3,(H,13,18)(H,11,12,15)(H,14,17,19). The number of aromatic nitrogens is 5. The topological polar surface area (TPSA) is 126 Å². The molecule has 9 heteroatoms. The van der Waals surface area contributed by atoms with E-state index >= 15 is 0 Å². The molecule has 100 valence electrons. The van der Waals surface area contributed by atoms with Crippen LogP contribution in [0.1, 0.15) is 18.8 Å². The summed E-state index contributed by atoms with van der Waals surface area (Å²) in [6, 6.07) is 0.822. The van der Waals surface area contributed by atoms with Gasteiger partial charge in [0.2, 0.25) is 5.91 Å². The van der Waals surface area contributed by atoms with E-state index in [4.69, 9.17) is 0 Å². The molecule has 0 radical (unpaired) electrons. The summed E-state index contributed by atoms with van der Waals surface area (Å²) in [4.78, 5) is 40.0. The summed E-state index contributed by atoms with van der Waals surface area (Å²) in [5.74, 6) is 0.139. The average molecular weight is 264 g/mol. The molecule has 0 spiro atoms. The number of H-pyrrole nitrogens is 2. The van der Waals surface area contributed by atoms with Crippen molar-refractivity contribution in [2.45, 2.75) is 19.5 Å². The van der Waals surface area contributed by atoms with E-state index in [-0.39, 0.29) is 18.5 Å². The maximum Gasteiger partial charge on any atom is 0.328 e. The van der Waals surface area contributed by atoms with Gasteiger partial charge in [-0.25, -0.2) is 9.78 Å². The Bertz CT molecular complexity index is 671. The molecule has 0 saturated carbocycles. The van der Waals surface area contributed by atoms with Crippen molar-refractivity contribution >= 4 is 5.91 Å². The lowest BCUT2D eigenvalue weighted by Crippen LogP contribution is -2.36. The van der Waals surface area contributed by atoms with Crippen LogP contribution in [0.5, 0.6) is 0 Å². The molecule has 1 atom stereocenters. The summed E-state index contributed by atoms with van der Waals surface area (Å²) in [6.07, 6.45) is 2.60. The minimum absolute atomic E-state index is 0.186. The Morgan fingerprint density at radius 1 is 1.53 bits per heavy atom. The van der Waals surface area contributed by atoms with Crippen LogP contribution >= 0.6 is 0 Å². The molecule has 0 saturated heterocycles. The Labute approximate surface area is 106 Å². The number of amides is 1. The fourth-order valence-electron chi connectivity index (χ4n) is 1.50. The second-order valence-electron chi connectivity index (χ2n) is 3.90. The summed E-state index contributed by atoms with van der Waals surface area (Å²) in [6.45, 7) is 1.54. The van der Waals surface area contributed by atoms with Gasteiger partial charge in [-0.2, -0.15) is 5.10 Å². The normalized spacial score (nSPS) is 12.1. The van der Waals surface area contributed by atoms with E-state index < -0.39 is 11.2 Å². The van der Waals surface area contributed by atoms with Crippen molar-refractivity contribution in [2.24, 2.45) is 0 Å². The second-order valence-corrected chi connectivity index (χ2v) is 3.90. The van der Waals surface area contributed by atoms with E-state index in [1.807, 2.05) is 0 Å². The maximum atomic E-state index is 11.7. The van der Waals surface area contributed by atoms with Crippen molar-refractivity contribution in [2.75, 3.05) is 0 Å². The SMILES string of the molecule is CC(NC(=O)Cn1ccc(=O)[nH]c1=O)c1ncn[nH]1. The molecular formula is C10H12N6O3. The van der Waals surface area contributed by atoms with Crippen LogP contribution in [0.3, 0.4) is 0 Å². The minimum atomic E-state index is -0.630. The predicted octanol–water partition coefficient (Wildman–Crippen LogP) is -1.47. The van der Waals surface area contributed by atoms with Crippen LogP contribution < -0.4 is 16.6 Å². The van der Waals surface area contributed by atoms with Gasteiger partial charge in [0.15, 0.2) is 0 Å². The first-order valence-electron chi connectivity index (χ1n) is 5.50. The molecule has 0 aromatic carbocycles. The summed E-state index contributed by atoms with van der Waals surface area (Å²) >= 11 is 0. The number of carbonyl (C=O) groups is 1. The lowest BCUT2D eigenvalue weighted by Gasteiger charge is -2.11. The molecule has 0 aliphatic rings. The molecule has 3 N–H and O–H groups in total. The Kier molecular flexibility index (Phi) is 3.55. The van der Waals surface area contributed by atoms with Gasteiger partial charge in [-0.1, -0.05) is 0 Å². The molecule has 2 heterocycles. The van der Waals surface area contributed by atoms with Crippen molar-refractivity contribution in [3.05, 3.63) is 45.3 Å². The summed E-state index contributed by atoms with van der Waals surface area (Å²) in [5.41, 5.74) is -1.13. The van der Waals surface area contributed by atoms with Crippen LogP contribution in [0.25, 0.3) is 0 Å². The van der Waals surface area contributed by atoms with E-state index in [2.05, 4.69) is 25.5 Å². The third-order valence-electron chi connectivity index (χ3n) is 2.43. The molecule has 0 bridgehead atoms. The molecule has 0 fully saturated rings. The van der Waals surface area contributed by atoms with Crippen LogP contribution in [0.15, 0.2) is 28.2 Å². The maximum absolute atomic E-state index is 11.7. The highest BCUT2D eigenvalue weighted by Gasteiger charge is 2.12. The fourth-order valence-corrected chi connectivity index (χ4v) is 1.50. The fraction of sp³-hybridized carbons (Fsp3) is 0.300. The predicted molar refractivity (Wildman–Crippen MR) is 64.3 cm³/mol. The van der Waals surface area contributed by atoms with Crippen molar-refractivity contribution < 1.29 is 4.79 Å². The highest BCUT2D eigenvalue weighted by molar-refractivity contribution is 5.76. The molecular weight excluding hydrogens is 252 g/mol. The number of nitrogens with zero attached hydrogens (tertiary/aromatic N) is 3. The average Bonchev–Trinajstić information content (AvgIpc) is 2.86. The zero-order chi connectivity index (χ0) is 13.8. The largest absolute Gasteiger partial charge is 0.345 e. The first-order valence-corrected chi connectivity index (χ1v) is 5.50. The Balaban J connectivity index is 2.02. The van der Waals surface area contributed by atoms with E-state index in [0.717, 1.165) is 4.57 Å². The molecule has 2 rings (SSSR count). The van der Waals surface area contributed by atoms with Crippen molar-refractivity contribution in [3.8, 4) is 0 Å². The van der Waals surface area contributed by atoms with Gasteiger partial charge in [0, 0.05) is 12.3 Å². The van der Waals surface area contributed by atoms with E-state index in [1.54, 1.807) is 6.92 Å². The number of carbonyl (C=O) groups excluding carboxylic acids is 1. The Morgan fingerprint density at radius 3 is 2.95 bits per heavy atom. The van der Waals surface area contributed by atoms with Crippen LogP contribution in [-0.4, -0.2) is 30.6 Å². The lowest BCUT2D eigenvalue weighted by molar-refractivity contribution is -0.122.